The van der Waals surface area contributed by atoms with E-state index in [0.29, 0.717) is 23.6 Å². The summed E-state index contributed by atoms with van der Waals surface area (Å²) in [5.41, 5.74) is 8.00. The molecule has 0 saturated carbocycles. The second kappa shape index (κ2) is 8.13. The van der Waals surface area contributed by atoms with E-state index in [4.69, 9.17) is 9.97 Å². The highest BCUT2D eigenvalue weighted by Crippen LogP contribution is 2.35. The Bertz CT molecular complexity index is 1540. The van der Waals surface area contributed by atoms with Gasteiger partial charge in [0.1, 0.15) is 6.33 Å². The summed E-state index contributed by atoms with van der Waals surface area (Å²) in [7, 11) is 1.95. The zero-order valence-electron chi connectivity index (χ0n) is 20.7. The van der Waals surface area contributed by atoms with Crippen molar-refractivity contribution < 1.29 is 0 Å². The lowest BCUT2D eigenvalue weighted by atomic mass is 9.96. The Balaban J connectivity index is 1.54. The fraction of sp³-hybridized carbons (Fsp3) is 0.346. The Hall–Kier alpha value is -3.85. The molecule has 2 N–H and O–H groups in total. The molecular weight excluding hydrogens is 438 g/mol. The number of aromatic nitrogens is 7. The lowest BCUT2D eigenvalue weighted by Gasteiger charge is -2.37. The normalized spacial score (nSPS) is 18.6. The van der Waals surface area contributed by atoms with Crippen LogP contribution in [0.4, 0.5) is 5.69 Å². The molecular formula is C26H29N9. The number of hydrogen-bond acceptors (Lipinski definition) is 7. The summed E-state index contributed by atoms with van der Waals surface area (Å²) in [6, 6.07) is 7.28. The van der Waals surface area contributed by atoms with E-state index < -0.39 is 0 Å². The maximum absolute atomic E-state index is 5.02. The topological polar surface area (TPSA) is 100 Å². The van der Waals surface area contributed by atoms with Gasteiger partial charge in [-0.25, -0.2) is 15.0 Å². The molecule has 1 aromatic carbocycles. The van der Waals surface area contributed by atoms with Crippen LogP contribution in [0, 0.1) is 13.8 Å². The van der Waals surface area contributed by atoms with Gasteiger partial charge in [0, 0.05) is 60.3 Å². The lowest BCUT2D eigenvalue weighted by molar-refractivity contribution is 0.407. The van der Waals surface area contributed by atoms with Crippen LogP contribution < -0.4 is 10.2 Å². The highest BCUT2D eigenvalue weighted by atomic mass is 15.2. The van der Waals surface area contributed by atoms with Gasteiger partial charge >= 0.3 is 0 Å². The molecule has 6 rings (SSSR count). The van der Waals surface area contributed by atoms with Crippen molar-refractivity contribution in [2.75, 3.05) is 18.0 Å². The van der Waals surface area contributed by atoms with E-state index in [0.717, 1.165) is 63.0 Å². The van der Waals surface area contributed by atoms with Crippen LogP contribution in [0.1, 0.15) is 25.0 Å². The highest BCUT2D eigenvalue weighted by Gasteiger charge is 2.23. The third kappa shape index (κ3) is 3.72. The maximum atomic E-state index is 5.02. The second-order valence-electron chi connectivity index (χ2n) is 9.74. The Labute approximate surface area is 203 Å². The number of aromatic amines is 1. The number of nitrogens with zero attached hydrogens (tertiary/aromatic N) is 7. The predicted molar refractivity (Wildman–Crippen MR) is 138 cm³/mol. The molecule has 9 heteroatoms. The monoisotopic (exact) mass is 467 g/mol. The number of pyridine rings is 2. The van der Waals surface area contributed by atoms with Gasteiger partial charge in [-0.3, -0.25) is 9.78 Å². The van der Waals surface area contributed by atoms with Gasteiger partial charge in [-0.05, 0) is 57.0 Å². The third-order valence-corrected chi connectivity index (χ3v) is 7.00. The third-order valence-electron chi connectivity index (χ3n) is 7.00. The zero-order chi connectivity index (χ0) is 24.3. The Morgan fingerprint density at radius 3 is 2.51 bits per heavy atom. The second-order valence-corrected chi connectivity index (χ2v) is 9.74. The quantitative estimate of drug-likeness (QED) is 0.417. The molecule has 9 nitrogen and oxygen atoms in total. The summed E-state index contributed by atoms with van der Waals surface area (Å²) >= 11 is 0. The van der Waals surface area contributed by atoms with E-state index in [-0.39, 0.29) is 0 Å². The number of aryl methyl sites for hydroxylation is 2. The van der Waals surface area contributed by atoms with Gasteiger partial charge in [-0.2, -0.15) is 10.2 Å². The predicted octanol–water partition coefficient (Wildman–Crippen LogP) is 3.77. The molecule has 5 aromatic rings. The first kappa shape index (κ1) is 21.7. The van der Waals surface area contributed by atoms with Crippen molar-refractivity contribution in [3.8, 4) is 22.6 Å². The molecule has 0 amide bonds. The molecule has 35 heavy (non-hydrogen) atoms. The van der Waals surface area contributed by atoms with Crippen LogP contribution in [0.25, 0.3) is 44.6 Å². The van der Waals surface area contributed by atoms with Crippen molar-refractivity contribution in [2.45, 2.75) is 39.8 Å². The van der Waals surface area contributed by atoms with Gasteiger partial charge in [0.05, 0.1) is 23.1 Å². The van der Waals surface area contributed by atoms with Crippen molar-refractivity contribution in [1.82, 2.24) is 40.2 Å². The first-order chi connectivity index (χ1) is 16.9. The van der Waals surface area contributed by atoms with Gasteiger partial charge in [0.15, 0.2) is 11.5 Å². The van der Waals surface area contributed by atoms with Crippen LogP contribution >= 0.6 is 0 Å². The highest BCUT2D eigenvalue weighted by molar-refractivity contribution is 5.96. The average Bonchev–Trinajstić information content (AvgIpc) is 3.49. The van der Waals surface area contributed by atoms with Crippen LogP contribution in [-0.2, 0) is 7.05 Å². The van der Waals surface area contributed by atoms with Gasteiger partial charge in [0.2, 0.25) is 0 Å². The largest absolute Gasteiger partial charge is 0.367 e. The number of hydrogen-bond donors (Lipinski definition) is 2. The molecule has 178 valence electrons. The molecule has 0 bridgehead atoms. The number of benzene rings is 1. The minimum atomic E-state index is 0.414. The Morgan fingerprint density at radius 2 is 1.77 bits per heavy atom. The molecule has 0 aliphatic carbocycles. The van der Waals surface area contributed by atoms with E-state index in [1.165, 1.54) is 6.33 Å². The van der Waals surface area contributed by atoms with E-state index in [2.05, 4.69) is 76.4 Å². The summed E-state index contributed by atoms with van der Waals surface area (Å²) < 4.78 is 1.86. The number of rotatable bonds is 3. The summed E-state index contributed by atoms with van der Waals surface area (Å²) in [5, 5.41) is 17.4. The molecule has 5 heterocycles. The van der Waals surface area contributed by atoms with Gasteiger partial charge in [-0.1, -0.05) is 0 Å². The molecule has 2 unspecified atom stereocenters. The van der Waals surface area contributed by atoms with Gasteiger partial charge in [-0.15, -0.1) is 0 Å². The van der Waals surface area contributed by atoms with Crippen molar-refractivity contribution in [3.63, 3.8) is 0 Å². The number of anilines is 1. The van der Waals surface area contributed by atoms with E-state index >= 15 is 0 Å². The minimum absolute atomic E-state index is 0.414. The maximum Gasteiger partial charge on any atom is 0.160 e. The molecule has 2 atom stereocenters. The summed E-state index contributed by atoms with van der Waals surface area (Å²) in [4.78, 5) is 16.7. The zero-order valence-corrected chi connectivity index (χ0v) is 20.7. The Kier molecular flexibility index (Phi) is 5.03. The van der Waals surface area contributed by atoms with Crippen molar-refractivity contribution in [2.24, 2.45) is 7.05 Å². The summed E-state index contributed by atoms with van der Waals surface area (Å²) in [6.07, 6.45) is 5.52. The molecule has 1 aliphatic rings. The van der Waals surface area contributed by atoms with Crippen LogP contribution in [0.5, 0.6) is 0 Å². The number of H-pyrrole nitrogens is 1. The van der Waals surface area contributed by atoms with Crippen molar-refractivity contribution in [1.29, 1.82) is 0 Å². The number of piperazine rings is 1. The van der Waals surface area contributed by atoms with E-state index in [9.17, 15) is 0 Å². The lowest BCUT2D eigenvalue weighted by Crippen LogP contribution is -2.54. The van der Waals surface area contributed by atoms with Crippen LogP contribution in [0.3, 0.4) is 0 Å². The van der Waals surface area contributed by atoms with Crippen LogP contribution in [0.2, 0.25) is 0 Å². The number of fused-ring (bicyclic) bond motifs is 2. The smallest absolute Gasteiger partial charge is 0.160 e. The molecule has 1 saturated heterocycles. The Morgan fingerprint density at radius 1 is 0.971 bits per heavy atom. The summed E-state index contributed by atoms with van der Waals surface area (Å²) in [6.45, 7) is 10.5. The standard InChI is InChI=1S/C26H29N9/c1-14-10-35(11-15(2)30-14)19-7-21-22(26-28-13-29-32-26)8-23(31-25(21)27-9-19)20-6-18-12-34(5)33-24(18)17(4)16(20)3/h6-9,12-15,30H,10-11H2,1-5H3,(H,28,29,32). The minimum Gasteiger partial charge on any atom is -0.367 e. The molecule has 1 aliphatic heterocycles. The first-order valence-corrected chi connectivity index (χ1v) is 12.0. The van der Waals surface area contributed by atoms with Gasteiger partial charge in [0.25, 0.3) is 0 Å². The first-order valence-electron chi connectivity index (χ1n) is 12.0. The van der Waals surface area contributed by atoms with Crippen LogP contribution in [0.15, 0.2) is 36.9 Å². The van der Waals surface area contributed by atoms with Crippen LogP contribution in [-0.4, -0.2) is 60.1 Å². The van der Waals surface area contributed by atoms with Crippen molar-refractivity contribution in [3.05, 3.63) is 48.0 Å². The summed E-state index contributed by atoms with van der Waals surface area (Å²) in [5.74, 6) is 0.705. The van der Waals surface area contributed by atoms with Crippen molar-refractivity contribution >= 4 is 27.6 Å². The molecule has 0 spiro atoms. The fourth-order valence-corrected chi connectivity index (χ4v) is 5.29. The SMILES string of the molecule is Cc1c(-c2cc(-c3ncn[nH]3)c3cc(N4CC(C)NC(C)C4)cnc3n2)cc2cn(C)nc2c1C. The number of nitrogens with one attached hydrogen (secondary N) is 2. The van der Waals surface area contributed by atoms with Gasteiger partial charge < -0.3 is 10.2 Å². The fourth-order valence-electron chi connectivity index (χ4n) is 5.29. The molecule has 4 aromatic heterocycles. The molecule has 1 fully saturated rings. The average molecular weight is 468 g/mol. The van der Waals surface area contributed by atoms with E-state index in [1.54, 1.807) is 0 Å². The molecule has 0 radical (unpaired) electrons. The van der Waals surface area contributed by atoms with E-state index in [1.807, 2.05) is 24.1 Å².